The number of hydrogen-bond acceptors (Lipinski definition) is 6. The first-order chi connectivity index (χ1) is 12.5. The first kappa shape index (κ1) is 17.1. The van der Waals surface area contributed by atoms with Crippen LogP contribution in [0.1, 0.15) is 35.0 Å². The van der Waals surface area contributed by atoms with Crippen LogP contribution in [0.2, 0.25) is 0 Å². The maximum Gasteiger partial charge on any atom is 0.255 e. The Labute approximate surface area is 152 Å². The number of aromatic nitrogens is 1. The Kier molecular flexibility index (Phi) is 4.44. The summed E-state index contributed by atoms with van der Waals surface area (Å²) in [7, 11) is -3.00. The minimum Gasteiger partial charge on any atom is -0.467 e. The zero-order valence-corrected chi connectivity index (χ0v) is 15.2. The molecule has 1 atom stereocenters. The van der Waals surface area contributed by atoms with Crippen LogP contribution in [0, 0.1) is 0 Å². The van der Waals surface area contributed by atoms with Gasteiger partial charge in [0.1, 0.15) is 11.6 Å². The van der Waals surface area contributed by atoms with Crippen LogP contribution >= 0.6 is 0 Å². The zero-order valence-electron chi connectivity index (χ0n) is 14.4. The van der Waals surface area contributed by atoms with Crippen molar-refractivity contribution in [1.82, 2.24) is 9.88 Å². The molecule has 0 saturated carbocycles. The lowest BCUT2D eigenvalue weighted by Gasteiger charge is -2.27. The fraction of sp³-hybridized carbons (Fsp3) is 0.444. The molecule has 0 radical (unpaired) electrons. The van der Waals surface area contributed by atoms with Crippen molar-refractivity contribution in [2.75, 3.05) is 36.0 Å². The van der Waals surface area contributed by atoms with Gasteiger partial charge in [-0.1, -0.05) is 0 Å². The van der Waals surface area contributed by atoms with Gasteiger partial charge >= 0.3 is 0 Å². The van der Waals surface area contributed by atoms with Gasteiger partial charge in [-0.25, -0.2) is 13.4 Å². The zero-order chi connectivity index (χ0) is 18.1. The average Bonchev–Trinajstić information content (AvgIpc) is 3.32. The second kappa shape index (κ2) is 6.75. The molecule has 138 valence electrons. The van der Waals surface area contributed by atoms with E-state index in [0.717, 1.165) is 31.0 Å². The molecule has 2 aliphatic rings. The van der Waals surface area contributed by atoms with Crippen LogP contribution in [-0.4, -0.2) is 55.3 Å². The summed E-state index contributed by atoms with van der Waals surface area (Å²) in [5.41, 5.74) is 0.488. The van der Waals surface area contributed by atoms with Crippen molar-refractivity contribution in [2.24, 2.45) is 0 Å². The van der Waals surface area contributed by atoms with Gasteiger partial charge < -0.3 is 14.2 Å². The molecule has 0 N–H and O–H groups in total. The predicted octanol–water partition coefficient (Wildman–Crippen LogP) is 1.89. The number of rotatable bonds is 3. The minimum atomic E-state index is -3.00. The lowest BCUT2D eigenvalue weighted by Crippen LogP contribution is -2.43. The number of furan rings is 1. The van der Waals surface area contributed by atoms with Crippen molar-refractivity contribution < 1.29 is 17.6 Å². The number of carbonyl (C=O) groups is 1. The molecule has 0 aliphatic carbocycles. The molecule has 4 rings (SSSR count). The van der Waals surface area contributed by atoms with Crippen LogP contribution in [0.4, 0.5) is 5.82 Å². The molecular weight excluding hydrogens is 354 g/mol. The SMILES string of the molecule is O=C(c1ccc(N2CCCC2c2ccco2)nc1)N1CCS(=O)(=O)CC1. The second-order valence-electron chi connectivity index (χ2n) is 6.72. The van der Waals surface area contributed by atoms with Crippen LogP contribution in [0.15, 0.2) is 41.1 Å². The highest BCUT2D eigenvalue weighted by molar-refractivity contribution is 7.91. The van der Waals surface area contributed by atoms with E-state index in [2.05, 4.69) is 9.88 Å². The van der Waals surface area contributed by atoms with E-state index in [1.807, 2.05) is 18.2 Å². The molecule has 1 unspecified atom stereocenters. The molecule has 0 bridgehead atoms. The summed E-state index contributed by atoms with van der Waals surface area (Å²) < 4.78 is 28.6. The molecule has 2 aromatic rings. The Hall–Kier alpha value is -2.35. The summed E-state index contributed by atoms with van der Waals surface area (Å²) in [5.74, 6) is 1.65. The van der Waals surface area contributed by atoms with Crippen LogP contribution in [-0.2, 0) is 9.84 Å². The summed E-state index contributed by atoms with van der Waals surface area (Å²) in [4.78, 5) is 20.8. The number of sulfone groups is 1. The van der Waals surface area contributed by atoms with E-state index in [0.29, 0.717) is 5.56 Å². The Balaban J connectivity index is 1.47. The van der Waals surface area contributed by atoms with E-state index in [-0.39, 0.29) is 36.5 Å². The summed E-state index contributed by atoms with van der Waals surface area (Å²) >= 11 is 0. The smallest absolute Gasteiger partial charge is 0.255 e. The van der Waals surface area contributed by atoms with Gasteiger partial charge in [0.25, 0.3) is 5.91 Å². The quantitative estimate of drug-likeness (QED) is 0.815. The van der Waals surface area contributed by atoms with Gasteiger partial charge in [0.2, 0.25) is 0 Å². The minimum absolute atomic E-state index is 0.0306. The van der Waals surface area contributed by atoms with Crippen LogP contribution < -0.4 is 4.90 Å². The number of nitrogens with zero attached hydrogens (tertiary/aromatic N) is 3. The van der Waals surface area contributed by atoms with Crippen molar-refractivity contribution in [1.29, 1.82) is 0 Å². The number of hydrogen-bond donors (Lipinski definition) is 0. The number of carbonyl (C=O) groups excluding carboxylic acids is 1. The average molecular weight is 375 g/mol. The normalized spacial score (nSPS) is 22.5. The molecular formula is C18H21N3O4S. The molecule has 2 fully saturated rings. The van der Waals surface area contributed by atoms with Gasteiger partial charge in [-0.2, -0.15) is 0 Å². The van der Waals surface area contributed by atoms with E-state index < -0.39 is 9.84 Å². The molecule has 7 nitrogen and oxygen atoms in total. The first-order valence-corrected chi connectivity index (χ1v) is 10.6. The highest BCUT2D eigenvalue weighted by Crippen LogP contribution is 2.35. The highest BCUT2D eigenvalue weighted by atomic mass is 32.2. The van der Waals surface area contributed by atoms with E-state index in [1.54, 1.807) is 23.4 Å². The third-order valence-electron chi connectivity index (χ3n) is 5.05. The van der Waals surface area contributed by atoms with Crippen LogP contribution in [0.3, 0.4) is 0 Å². The topological polar surface area (TPSA) is 83.7 Å². The fourth-order valence-electron chi connectivity index (χ4n) is 3.60. The highest BCUT2D eigenvalue weighted by Gasteiger charge is 2.30. The number of pyridine rings is 1. The maximum absolute atomic E-state index is 12.6. The van der Waals surface area contributed by atoms with Crippen LogP contribution in [0.25, 0.3) is 0 Å². The summed E-state index contributed by atoms with van der Waals surface area (Å²) in [5, 5.41) is 0. The van der Waals surface area contributed by atoms with Gasteiger partial charge in [-0.05, 0) is 37.1 Å². The van der Waals surface area contributed by atoms with Gasteiger partial charge in [0.15, 0.2) is 9.84 Å². The second-order valence-corrected chi connectivity index (χ2v) is 9.02. The third kappa shape index (κ3) is 3.33. The summed E-state index contributed by atoms with van der Waals surface area (Å²) in [6, 6.07) is 7.66. The van der Waals surface area contributed by atoms with Gasteiger partial charge in [-0.3, -0.25) is 4.79 Å². The fourth-order valence-corrected chi connectivity index (χ4v) is 4.80. The summed E-state index contributed by atoms with van der Waals surface area (Å²) in [6.07, 6.45) is 5.34. The number of anilines is 1. The van der Waals surface area contributed by atoms with Crippen molar-refractivity contribution in [2.45, 2.75) is 18.9 Å². The maximum atomic E-state index is 12.6. The Bertz CT molecular complexity index is 864. The molecule has 4 heterocycles. The first-order valence-electron chi connectivity index (χ1n) is 8.79. The molecule has 8 heteroatoms. The number of amides is 1. The van der Waals surface area contributed by atoms with E-state index in [1.165, 1.54) is 0 Å². The van der Waals surface area contributed by atoms with Crippen molar-refractivity contribution in [3.05, 3.63) is 48.0 Å². The lowest BCUT2D eigenvalue weighted by atomic mass is 10.1. The van der Waals surface area contributed by atoms with Gasteiger partial charge in [0, 0.05) is 25.8 Å². The summed E-state index contributed by atoms with van der Waals surface area (Å²) in [6.45, 7) is 1.39. The largest absolute Gasteiger partial charge is 0.467 e. The van der Waals surface area contributed by atoms with E-state index in [9.17, 15) is 13.2 Å². The third-order valence-corrected chi connectivity index (χ3v) is 6.65. The molecule has 26 heavy (non-hydrogen) atoms. The van der Waals surface area contributed by atoms with E-state index in [4.69, 9.17) is 4.42 Å². The molecule has 0 spiro atoms. The predicted molar refractivity (Wildman–Crippen MR) is 96.8 cm³/mol. The molecule has 2 aromatic heterocycles. The molecule has 2 aliphatic heterocycles. The molecule has 0 aromatic carbocycles. The lowest BCUT2D eigenvalue weighted by molar-refractivity contribution is 0.0770. The van der Waals surface area contributed by atoms with Gasteiger partial charge in [-0.15, -0.1) is 0 Å². The van der Waals surface area contributed by atoms with Crippen molar-refractivity contribution in [3.63, 3.8) is 0 Å². The van der Waals surface area contributed by atoms with Crippen molar-refractivity contribution >= 4 is 21.6 Å². The monoisotopic (exact) mass is 375 g/mol. The van der Waals surface area contributed by atoms with Crippen molar-refractivity contribution in [3.8, 4) is 0 Å². The molecule has 1 amide bonds. The standard InChI is InChI=1S/C18H21N3O4S/c22-18(20-8-11-26(23,24)12-9-20)14-5-6-17(19-13-14)21-7-1-3-15(21)16-4-2-10-25-16/h2,4-6,10,13,15H,1,3,7-9,11-12H2. The molecule has 2 saturated heterocycles. The van der Waals surface area contributed by atoms with E-state index >= 15 is 0 Å². The van der Waals surface area contributed by atoms with Crippen LogP contribution in [0.5, 0.6) is 0 Å². The Morgan fingerprint density at radius 2 is 1.96 bits per heavy atom. The van der Waals surface area contributed by atoms with Gasteiger partial charge in [0.05, 0.1) is 29.4 Å². The Morgan fingerprint density at radius 3 is 2.62 bits per heavy atom. The Morgan fingerprint density at radius 1 is 1.15 bits per heavy atom.